The largest absolute Gasteiger partial charge is 0.377 e. The summed E-state index contributed by atoms with van der Waals surface area (Å²) in [4.78, 5) is 26.0. The molecule has 1 unspecified atom stereocenters. The van der Waals surface area contributed by atoms with Gasteiger partial charge in [0.15, 0.2) is 0 Å². The van der Waals surface area contributed by atoms with Crippen molar-refractivity contribution in [1.29, 1.82) is 0 Å². The van der Waals surface area contributed by atoms with Gasteiger partial charge in [0.05, 0.1) is 11.5 Å². The summed E-state index contributed by atoms with van der Waals surface area (Å²) < 4.78 is 19.1. The van der Waals surface area contributed by atoms with Crippen LogP contribution in [0.25, 0.3) is 0 Å². The number of rotatable bonds is 6. The van der Waals surface area contributed by atoms with Crippen molar-refractivity contribution in [1.82, 2.24) is 10.2 Å². The summed E-state index contributed by atoms with van der Waals surface area (Å²) in [5.74, 6) is -0.744. The maximum atomic E-state index is 13.8. The number of amides is 2. The summed E-state index contributed by atoms with van der Waals surface area (Å²) in [6, 6.07) is 6.39. The van der Waals surface area contributed by atoms with Crippen LogP contribution in [0, 0.1) is 11.7 Å². The molecule has 1 atom stereocenters. The lowest BCUT2D eigenvalue weighted by atomic mass is 9.95. The molecular weight excluding hydrogens is 311 g/mol. The molecular formula is C18H25FN2O3. The Hall–Kier alpha value is -1.95. The third-order valence-electron chi connectivity index (χ3n) is 4.43. The molecule has 1 aromatic rings. The van der Waals surface area contributed by atoms with E-state index in [1.54, 1.807) is 30.2 Å². The molecule has 5 nitrogen and oxygen atoms in total. The number of halogens is 1. The number of piperidine rings is 1. The standard InChI is InChI=1S/C18H25FN2O3/c1-18(2,24-3)12-20-17(23)14-8-9-16(22)21(11-14)10-13-6-4-5-7-15(13)19/h4-7,14H,8-12H2,1-3H3,(H,20,23). The number of carbonyl (C=O) groups is 2. The van der Waals surface area contributed by atoms with Crippen molar-refractivity contribution in [3.05, 3.63) is 35.6 Å². The van der Waals surface area contributed by atoms with Gasteiger partial charge in [-0.05, 0) is 26.3 Å². The molecule has 1 aliphatic rings. The van der Waals surface area contributed by atoms with Crippen LogP contribution < -0.4 is 5.32 Å². The molecule has 6 heteroatoms. The number of hydrogen-bond acceptors (Lipinski definition) is 3. The molecule has 24 heavy (non-hydrogen) atoms. The zero-order valence-corrected chi connectivity index (χ0v) is 14.5. The van der Waals surface area contributed by atoms with E-state index < -0.39 is 5.60 Å². The summed E-state index contributed by atoms with van der Waals surface area (Å²) in [7, 11) is 1.60. The Morgan fingerprint density at radius 1 is 1.42 bits per heavy atom. The fraction of sp³-hybridized carbons (Fsp3) is 0.556. The van der Waals surface area contributed by atoms with E-state index in [9.17, 15) is 14.0 Å². The van der Waals surface area contributed by atoms with E-state index in [1.807, 2.05) is 13.8 Å². The van der Waals surface area contributed by atoms with Crippen molar-refractivity contribution in [3.8, 4) is 0 Å². The minimum absolute atomic E-state index is 0.0421. The fourth-order valence-electron chi connectivity index (χ4n) is 2.63. The topological polar surface area (TPSA) is 58.6 Å². The molecule has 2 amide bonds. The lowest BCUT2D eigenvalue weighted by molar-refractivity contribution is -0.139. The molecule has 1 saturated heterocycles. The quantitative estimate of drug-likeness (QED) is 0.865. The van der Waals surface area contributed by atoms with Crippen LogP contribution in [0.1, 0.15) is 32.3 Å². The number of hydrogen-bond donors (Lipinski definition) is 1. The van der Waals surface area contributed by atoms with Gasteiger partial charge in [0.2, 0.25) is 11.8 Å². The van der Waals surface area contributed by atoms with Gasteiger partial charge in [-0.2, -0.15) is 0 Å². The molecule has 1 heterocycles. The molecule has 1 aromatic carbocycles. The van der Waals surface area contributed by atoms with Gasteiger partial charge >= 0.3 is 0 Å². The number of likely N-dealkylation sites (tertiary alicyclic amines) is 1. The molecule has 0 radical (unpaired) electrons. The first kappa shape index (κ1) is 18.4. The van der Waals surface area contributed by atoms with Crippen molar-refractivity contribution >= 4 is 11.8 Å². The minimum atomic E-state index is -0.437. The lowest BCUT2D eigenvalue weighted by Crippen LogP contribution is -2.48. The van der Waals surface area contributed by atoms with Gasteiger partial charge in [-0.25, -0.2) is 4.39 Å². The van der Waals surface area contributed by atoms with Crippen LogP contribution in [0.15, 0.2) is 24.3 Å². The zero-order chi connectivity index (χ0) is 17.7. The van der Waals surface area contributed by atoms with Crippen LogP contribution in [0.5, 0.6) is 0 Å². The van der Waals surface area contributed by atoms with Crippen LogP contribution in [0.4, 0.5) is 4.39 Å². The first-order valence-corrected chi connectivity index (χ1v) is 8.16. The summed E-state index contributed by atoms with van der Waals surface area (Å²) in [5, 5.41) is 2.88. The fourth-order valence-corrected chi connectivity index (χ4v) is 2.63. The van der Waals surface area contributed by atoms with Gasteiger partial charge in [0.25, 0.3) is 0 Å². The van der Waals surface area contributed by atoms with E-state index in [2.05, 4.69) is 5.32 Å². The molecule has 1 fully saturated rings. The van der Waals surface area contributed by atoms with E-state index in [-0.39, 0.29) is 30.1 Å². The van der Waals surface area contributed by atoms with Crippen LogP contribution in [-0.4, -0.2) is 42.5 Å². The van der Waals surface area contributed by atoms with Crippen LogP contribution in [-0.2, 0) is 20.9 Å². The Kier molecular flexibility index (Phi) is 5.94. The van der Waals surface area contributed by atoms with E-state index in [1.165, 1.54) is 6.07 Å². The number of methoxy groups -OCH3 is 1. The number of nitrogens with one attached hydrogen (secondary N) is 1. The van der Waals surface area contributed by atoms with Gasteiger partial charge in [-0.15, -0.1) is 0 Å². The van der Waals surface area contributed by atoms with Crippen molar-refractivity contribution in [3.63, 3.8) is 0 Å². The van der Waals surface area contributed by atoms with Crippen LogP contribution in [0.3, 0.4) is 0 Å². The van der Waals surface area contributed by atoms with Crippen LogP contribution in [0.2, 0.25) is 0 Å². The maximum Gasteiger partial charge on any atom is 0.225 e. The summed E-state index contributed by atoms with van der Waals surface area (Å²) in [6.07, 6.45) is 0.825. The Morgan fingerprint density at radius 3 is 2.79 bits per heavy atom. The summed E-state index contributed by atoms with van der Waals surface area (Å²) in [6.45, 7) is 4.69. The van der Waals surface area contributed by atoms with E-state index >= 15 is 0 Å². The second kappa shape index (κ2) is 7.75. The smallest absolute Gasteiger partial charge is 0.225 e. The summed E-state index contributed by atoms with van der Waals surface area (Å²) in [5.41, 5.74) is 0.0277. The Bertz CT molecular complexity index is 604. The molecule has 132 valence electrons. The number of ether oxygens (including phenoxy) is 1. The zero-order valence-electron chi connectivity index (χ0n) is 14.5. The van der Waals surface area contributed by atoms with Crippen molar-refractivity contribution in [2.45, 2.75) is 38.8 Å². The Morgan fingerprint density at radius 2 is 2.12 bits per heavy atom. The predicted molar refractivity (Wildman–Crippen MR) is 88.6 cm³/mol. The predicted octanol–water partition coefficient (Wildman–Crippen LogP) is 2.11. The first-order valence-electron chi connectivity index (χ1n) is 8.16. The number of nitrogens with zero attached hydrogens (tertiary/aromatic N) is 1. The Labute approximate surface area is 142 Å². The molecule has 2 rings (SSSR count). The molecule has 1 N–H and O–H groups in total. The van der Waals surface area contributed by atoms with Gasteiger partial charge in [0.1, 0.15) is 5.82 Å². The minimum Gasteiger partial charge on any atom is -0.377 e. The third-order valence-corrected chi connectivity index (χ3v) is 4.43. The molecule has 0 saturated carbocycles. The molecule has 1 aliphatic heterocycles. The van der Waals surface area contributed by atoms with Crippen molar-refractivity contribution in [2.24, 2.45) is 5.92 Å². The molecule has 0 aromatic heterocycles. The van der Waals surface area contributed by atoms with Gasteiger partial charge < -0.3 is 15.0 Å². The summed E-state index contributed by atoms with van der Waals surface area (Å²) >= 11 is 0. The normalized spacial score (nSPS) is 18.6. The van der Waals surface area contributed by atoms with Gasteiger partial charge in [0, 0.05) is 38.7 Å². The highest BCUT2D eigenvalue weighted by Crippen LogP contribution is 2.21. The van der Waals surface area contributed by atoms with E-state index in [0.29, 0.717) is 31.5 Å². The number of carbonyl (C=O) groups excluding carboxylic acids is 2. The van der Waals surface area contributed by atoms with Gasteiger partial charge in [-0.1, -0.05) is 18.2 Å². The SMILES string of the molecule is COC(C)(C)CNC(=O)C1CCC(=O)N(Cc2ccccc2F)C1. The van der Waals surface area contributed by atoms with Gasteiger partial charge in [-0.3, -0.25) is 9.59 Å². The molecule has 0 spiro atoms. The monoisotopic (exact) mass is 336 g/mol. The second-order valence-corrected chi connectivity index (χ2v) is 6.78. The van der Waals surface area contributed by atoms with Crippen molar-refractivity contribution in [2.75, 3.05) is 20.2 Å². The van der Waals surface area contributed by atoms with E-state index in [4.69, 9.17) is 4.74 Å². The van der Waals surface area contributed by atoms with Crippen molar-refractivity contribution < 1.29 is 18.7 Å². The highest BCUT2D eigenvalue weighted by atomic mass is 19.1. The number of benzene rings is 1. The first-order chi connectivity index (χ1) is 11.3. The van der Waals surface area contributed by atoms with Crippen LogP contribution >= 0.6 is 0 Å². The third kappa shape index (κ3) is 4.77. The second-order valence-electron chi connectivity index (χ2n) is 6.78. The molecule has 0 aliphatic carbocycles. The highest BCUT2D eigenvalue weighted by molar-refractivity contribution is 5.83. The highest BCUT2D eigenvalue weighted by Gasteiger charge is 2.31. The maximum absolute atomic E-state index is 13.8. The van der Waals surface area contributed by atoms with E-state index in [0.717, 1.165) is 0 Å². The molecule has 0 bridgehead atoms. The average molecular weight is 336 g/mol. The average Bonchev–Trinajstić information content (AvgIpc) is 2.56. The Balaban J connectivity index is 1.96. The lowest BCUT2D eigenvalue weighted by Gasteiger charge is -2.33.